The molecule has 3 nitrogen and oxygen atoms in total. The number of Topliss-reactive ketones (excluding diaryl/α,β-unsaturated/α-hetero) is 1. The maximum Gasteiger partial charge on any atom is 0.171 e. The molecule has 0 aromatic heterocycles. The Labute approximate surface area is 156 Å². The molecule has 0 spiro atoms. The summed E-state index contributed by atoms with van der Waals surface area (Å²) in [5.41, 5.74) is 3.65. The molecule has 1 heterocycles. The highest BCUT2D eigenvalue weighted by molar-refractivity contribution is 7.99. The van der Waals surface area contributed by atoms with Crippen LogP contribution in [0.5, 0.6) is 11.5 Å². The maximum absolute atomic E-state index is 13.1. The molecule has 3 aromatic rings. The first-order chi connectivity index (χ1) is 12.6. The van der Waals surface area contributed by atoms with Crippen molar-refractivity contribution in [2.75, 3.05) is 0 Å². The number of carbonyl (C=O) groups is 1. The summed E-state index contributed by atoms with van der Waals surface area (Å²) in [5.74, 6) is -0.759. The van der Waals surface area contributed by atoms with E-state index in [0.29, 0.717) is 16.9 Å². The smallest absolute Gasteiger partial charge is 0.171 e. The number of benzene rings is 3. The zero-order valence-corrected chi connectivity index (χ0v) is 15.1. The van der Waals surface area contributed by atoms with Gasteiger partial charge in [0.15, 0.2) is 17.3 Å². The quantitative estimate of drug-likeness (QED) is 0.582. The minimum Gasteiger partial charge on any atom is -0.504 e. The predicted octanol–water partition coefficient (Wildman–Crippen LogP) is 5.61. The van der Waals surface area contributed by atoms with E-state index in [1.807, 2.05) is 31.2 Å². The zero-order valence-electron chi connectivity index (χ0n) is 14.3. The molecule has 0 bridgehead atoms. The molecule has 26 heavy (non-hydrogen) atoms. The second-order valence-corrected chi connectivity index (χ2v) is 7.47. The number of fused-ring (bicyclic) bond motifs is 2. The van der Waals surface area contributed by atoms with E-state index in [9.17, 15) is 15.0 Å². The number of rotatable bonds is 2. The molecule has 1 atom stereocenters. The van der Waals surface area contributed by atoms with Gasteiger partial charge in [-0.3, -0.25) is 4.79 Å². The molecule has 2 N–H and O–H groups in total. The monoisotopic (exact) mass is 362 g/mol. The van der Waals surface area contributed by atoms with Crippen LogP contribution in [0.15, 0.2) is 70.5 Å². The van der Waals surface area contributed by atoms with Crippen molar-refractivity contribution in [2.24, 2.45) is 0 Å². The predicted molar refractivity (Wildman–Crippen MR) is 103 cm³/mol. The number of ketones is 1. The van der Waals surface area contributed by atoms with Gasteiger partial charge in [0.1, 0.15) is 0 Å². The van der Waals surface area contributed by atoms with Crippen LogP contribution < -0.4 is 0 Å². The van der Waals surface area contributed by atoms with Crippen molar-refractivity contribution in [3.63, 3.8) is 0 Å². The standard InChI is InChI=1S/C22H18O3S/c1-2-15-16-10-14(13-6-4-3-5-7-13)8-9-20(16)26-21-12-19(24)18(23)11-17(21)22(15)25/h3-12,15,23-24H,2H2,1H3. The summed E-state index contributed by atoms with van der Waals surface area (Å²) in [6, 6.07) is 19.1. The fourth-order valence-corrected chi connectivity index (χ4v) is 4.54. The molecule has 4 heteroatoms. The van der Waals surface area contributed by atoms with Crippen molar-refractivity contribution in [1.29, 1.82) is 0 Å². The van der Waals surface area contributed by atoms with E-state index >= 15 is 0 Å². The summed E-state index contributed by atoms with van der Waals surface area (Å²) in [7, 11) is 0. The van der Waals surface area contributed by atoms with Crippen LogP contribution in [0.1, 0.15) is 35.2 Å². The molecule has 0 amide bonds. The SMILES string of the molecule is CCC1C(=O)c2cc(O)c(O)cc2Sc2ccc(-c3ccccc3)cc21. The summed E-state index contributed by atoms with van der Waals surface area (Å²) in [6.07, 6.45) is 0.672. The zero-order chi connectivity index (χ0) is 18.3. The van der Waals surface area contributed by atoms with Gasteiger partial charge < -0.3 is 10.2 Å². The highest BCUT2D eigenvalue weighted by atomic mass is 32.2. The lowest BCUT2D eigenvalue weighted by Gasteiger charge is -2.16. The van der Waals surface area contributed by atoms with Gasteiger partial charge in [0.25, 0.3) is 0 Å². The van der Waals surface area contributed by atoms with Gasteiger partial charge in [-0.2, -0.15) is 0 Å². The summed E-state index contributed by atoms with van der Waals surface area (Å²) in [5, 5.41) is 19.7. The summed E-state index contributed by atoms with van der Waals surface area (Å²) in [6.45, 7) is 2.00. The minimum atomic E-state index is -0.272. The van der Waals surface area contributed by atoms with E-state index in [1.54, 1.807) is 0 Å². The van der Waals surface area contributed by atoms with Crippen molar-refractivity contribution >= 4 is 17.5 Å². The van der Waals surface area contributed by atoms with Crippen molar-refractivity contribution in [1.82, 2.24) is 0 Å². The molecule has 0 saturated carbocycles. The molecule has 0 aliphatic carbocycles. The van der Waals surface area contributed by atoms with E-state index in [4.69, 9.17) is 0 Å². The van der Waals surface area contributed by atoms with Gasteiger partial charge in [0.2, 0.25) is 0 Å². The van der Waals surface area contributed by atoms with Crippen LogP contribution in [-0.4, -0.2) is 16.0 Å². The molecule has 1 aliphatic rings. The van der Waals surface area contributed by atoms with Gasteiger partial charge in [-0.25, -0.2) is 0 Å². The molecule has 130 valence electrons. The summed E-state index contributed by atoms with van der Waals surface area (Å²) < 4.78 is 0. The van der Waals surface area contributed by atoms with Crippen LogP contribution in [0.25, 0.3) is 11.1 Å². The number of phenolic OH excluding ortho intramolecular Hbond substituents is 2. The Bertz CT molecular complexity index is 996. The van der Waals surface area contributed by atoms with E-state index in [2.05, 4.69) is 24.3 Å². The lowest BCUT2D eigenvalue weighted by Crippen LogP contribution is -2.12. The fourth-order valence-electron chi connectivity index (χ4n) is 3.41. The summed E-state index contributed by atoms with van der Waals surface area (Å²) in [4.78, 5) is 14.8. The number of hydrogen-bond donors (Lipinski definition) is 2. The van der Waals surface area contributed by atoms with Crippen LogP contribution in [-0.2, 0) is 0 Å². The van der Waals surface area contributed by atoms with Gasteiger partial charge in [0.05, 0.1) is 0 Å². The molecule has 0 saturated heterocycles. The number of aromatic hydroxyl groups is 2. The van der Waals surface area contributed by atoms with Crippen LogP contribution in [0.2, 0.25) is 0 Å². The van der Waals surface area contributed by atoms with Crippen molar-refractivity contribution in [3.8, 4) is 22.6 Å². The van der Waals surface area contributed by atoms with Crippen LogP contribution in [0.3, 0.4) is 0 Å². The van der Waals surface area contributed by atoms with Gasteiger partial charge in [0, 0.05) is 21.3 Å². The minimum absolute atomic E-state index is 0.0192. The normalized spacial score (nSPS) is 15.9. The first-order valence-corrected chi connectivity index (χ1v) is 9.37. The first kappa shape index (κ1) is 16.7. The number of carbonyl (C=O) groups excluding carboxylic acids is 1. The van der Waals surface area contributed by atoms with Gasteiger partial charge in [-0.15, -0.1) is 0 Å². The fraction of sp³-hybridized carbons (Fsp3) is 0.136. The molecular formula is C22H18O3S. The second-order valence-electron chi connectivity index (χ2n) is 6.38. The number of phenols is 2. The Morgan fingerprint density at radius 2 is 1.62 bits per heavy atom. The summed E-state index contributed by atoms with van der Waals surface area (Å²) >= 11 is 1.46. The van der Waals surface area contributed by atoms with Crippen molar-refractivity contribution in [2.45, 2.75) is 29.1 Å². The topological polar surface area (TPSA) is 57.5 Å². The Balaban J connectivity index is 1.88. The van der Waals surface area contributed by atoms with Crippen molar-refractivity contribution < 1.29 is 15.0 Å². The maximum atomic E-state index is 13.1. The van der Waals surface area contributed by atoms with E-state index in [-0.39, 0.29) is 23.2 Å². The highest BCUT2D eigenvalue weighted by Gasteiger charge is 2.30. The third-order valence-electron chi connectivity index (χ3n) is 4.78. The molecule has 3 aromatic carbocycles. The van der Waals surface area contributed by atoms with E-state index in [0.717, 1.165) is 21.6 Å². The molecular weight excluding hydrogens is 344 g/mol. The Morgan fingerprint density at radius 1 is 0.885 bits per heavy atom. The van der Waals surface area contributed by atoms with Crippen LogP contribution >= 0.6 is 11.8 Å². The average molecular weight is 362 g/mol. The molecule has 0 fully saturated rings. The highest BCUT2D eigenvalue weighted by Crippen LogP contribution is 2.46. The largest absolute Gasteiger partial charge is 0.504 e. The van der Waals surface area contributed by atoms with Crippen LogP contribution in [0, 0.1) is 0 Å². The van der Waals surface area contributed by atoms with E-state index < -0.39 is 0 Å². The van der Waals surface area contributed by atoms with Gasteiger partial charge >= 0.3 is 0 Å². The van der Waals surface area contributed by atoms with E-state index in [1.165, 1.54) is 23.9 Å². The first-order valence-electron chi connectivity index (χ1n) is 8.56. The Kier molecular flexibility index (Phi) is 4.21. The second kappa shape index (κ2) is 6.54. The molecule has 4 rings (SSSR count). The molecule has 0 radical (unpaired) electrons. The lowest BCUT2D eigenvalue weighted by molar-refractivity contribution is 0.0953. The lowest BCUT2D eigenvalue weighted by atomic mass is 9.87. The molecule has 1 unspecified atom stereocenters. The molecule has 1 aliphatic heterocycles. The third kappa shape index (κ3) is 2.76. The number of hydrogen-bond acceptors (Lipinski definition) is 4. The van der Waals surface area contributed by atoms with Crippen molar-refractivity contribution in [3.05, 3.63) is 71.8 Å². The Hall–Kier alpha value is -2.72. The van der Waals surface area contributed by atoms with Gasteiger partial charge in [-0.05, 0) is 47.4 Å². The Morgan fingerprint density at radius 3 is 2.35 bits per heavy atom. The van der Waals surface area contributed by atoms with Gasteiger partial charge in [-0.1, -0.05) is 55.1 Å². The average Bonchev–Trinajstić information content (AvgIpc) is 2.77. The third-order valence-corrected chi connectivity index (χ3v) is 5.93. The van der Waals surface area contributed by atoms with Crippen LogP contribution in [0.4, 0.5) is 0 Å².